The second kappa shape index (κ2) is 9.46. The van der Waals surface area contributed by atoms with Crippen molar-refractivity contribution in [1.82, 2.24) is 10.3 Å². The number of benzene rings is 1. The number of aromatic amines is 1. The predicted octanol–water partition coefficient (Wildman–Crippen LogP) is 3.36. The van der Waals surface area contributed by atoms with Gasteiger partial charge in [0.25, 0.3) is 5.56 Å². The summed E-state index contributed by atoms with van der Waals surface area (Å²) >= 11 is 7.49. The summed E-state index contributed by atoms with van der Waals surface area (Å²) in [6.07, 6.45) is 0.795. The van der Waals surface area contributed by atoms with Crippen LogP contribution in [0, 0.1) is 25.2 Å². The van der Waals surface area contributed by atoms with Crippen LogP contribution in [-0.2, 0) is 11.2 Å². The van der Waals surface area contributed by atoms with Gasteiger partial charge in [0.1, 0.15) is 11.6 Å². The highest BCUT2D eigenvalue weighted by Crippen LogP contribution is 2.19. The fraction of sp³-hybridized carbons (Fsp3) is 0.316. The number of H-pyrrole nitrogens is 1. The molecule has 2 rings (SSSR count). The number of amides is 1. The van der Waals surface area contributed by atoms with E-state index in [4.69, 9.17) is 16.9 Å². The SMILES string of the molecule is Cc1[nH]c(=O)c(C#N)c(C)c1CCC(=O)NCCSc1ccc(Cl)cc1. The van der Waals surface area contributed by atoms with Crippen LogP contribution in [0.1, 0.15) is 28.8 Å². The first-order chi connectivity index (χ1) is 12.4. The van der Waals surface area contributed by atoms with Gasteiger partial charge in [0.05, 0.1) is 0 Å². The number of hydrogen-bond acceptors (Lipinski definition) is 4. The molecule has 0 aliphatic rings. The van der Waals surface area contributed by atoms with Crippen molar-refractivity contribution >= 4 is 29.3 Å². The van der Waals surface area contributed by atoms with E-state index in [1.165, 1.54) is 0 Å². The van der Waals surface area contributed by atoms with Gasteiger partial charge in [0.15, 0.2) is 0 Å². The number of aromatic nitrogens is 1. The van der Waals surface area contributed by atoms with Gasteiger partial charge in [0.2, 0.25) is 5.91 Å². The molecule has 26 heavy (non-hydrogen) atoms. The number of thioether (sulfide) groups is 1. The molecule has 0 saturated heterocycles. The maximum absolute atomic E-state index is 12.0. The molecule has 2 N–H and O–H groups in total. The van der Waals surface area contributed by atoms with E-state index in [1.807, 2.05) is 30.3 Å². The molecule has 0 radical (unpaired) electrons. The summed E-state index contributed by atoms with van der Waals surface area (Å²) in [6, 6.07) is 9.50. The third-order valence-electron chi connectivity index (χ3n) is 4.03. The van der Waals surface area contributed by atoms with Gasteiger partial charge in [-0.05, 0) is 55.7 Å². The van der Waals surface area contributed by atoms with Crippen LogP contribution in [0.2, 0.25) is 5.02 Å². The quantitative estimate of drug-likeness (QED) is 0.561. The number of nitrogens with zero attached hydrogens (tertiary/aromatic N) is 1. The first-order valence-corrected chi connectivity index (χ1v) is 9.56. The molecule has 0 atom stereocenters. The summed E-state index contributed by atoms with van der Waals surface area (Å²) in [4.78, 5) is 27.5. The van der Waals surface area contributed by atoms with Gasteiger partial charge in [0, 0.05) is 34.3 Å². The van der Waals surface area contributed by atoms with Crippen LogP contribution in [0.25, 0.3) is 0 Å². The third kappa shape index (κ3) is 5.38. The number of aryl methyl sites for hydroxylation is 1. The van der Waals surface area contributed by atoms with Crippen molar-refractivity contribution < 1.29 is 4.79 Å². The molecule has 0 unspecified atom stereocenters. The van der Waals surface area contributed by atoms with E-state index in [2.05, 4.69) is 10.3 Å². The van der Waals surface area contributed by atoms with Gasteiger partial charge in [-0.15, -0.1) is 11.8 Å². The molecular formula is C19H20ClN3O2S. The number of pyridine rings is 1. The molecule has 1 aromatic carbocycles. The van der Waals surface area contributed by atoms with E-state index < -0.39 is 0 Å². The highest BCUT2D eigenvalue weighted by atomic mass is 35.5. The van der Waals surface area contributed by atoms with Crippen LogP contribution >= 0.6 is 23.4 Å². The van der Waals surface area contributed by atoms with Crippen LogP contribution < -0.4 is 10.9 Å². The summed E-state index contributed by atoms with van der Waals surface area (Å²) in [6.45, 7) is 4.10. The summed E-state index contributed by atoms with van der Waals surface area (Å²) in [5.74, 6) is 0.716. The third-order valence-corrected chi connectivity index (χ3v) is 5.29. The molecule has 5 nitrogen and oxygen atoms in total. The second-order valence-electron chi connectivity index (χ2n) is 5.82. The minimum Gasteiger partial charge on any atom is -0.355 e. The van der Waals surface area contributed by atoms with Crippen molar-refractivity contribution in [2.24, 2.45) is 0 Å². The van der Waals surface area contributed by atoms with Crippen LogP contribution in [0.15, 0.2) is 34.0 Å². The first kappa shape index (κ1) is 20.1. The molecule has 1 heterocycles. The molecule has 2 aromatic rings. The largest absolute Gasteiger partial charge is 0.355 e. The number of nitrogens with one attached hydrogen (secondary N) is 2. The summed E-state index contributed by atoms with van der Waals surface area (Å²) in [5.41, 5.74) is 1.95. The number of rotatable bonds is 7. The van der Waals surface area contributed by atoms with Gasteiger partial charge in [-0.3, -0.25) is 9.59 Å². The van der Waals surface area contributed by atoms with Crippen molar-refractivity contribution in [3.05, 3.63) is 62.0 Å². The fourth-order valence-corrected chi connectivity index (χ4v) is 3.53. The lowest BCUT2D eigenvalue weighted by atomic mass is 9.99. The molecule has 0 bridgehead atoms. The Kier molecular flexibility index (Phi) is 7.31. The first-order valence-electron chi connectivity index (χ1n) is 8.20. The molecule has 0 aliphatic heterocycles. The Morgan fingerprint density at radius 2 is 2.00 bits per heavy atom. The van der Waals surface area contributed by atoms with Crippen LogP contribution in [0.4, 0.5) is 0 Å². The number of carbonyl (C=O) groups excluding carboxylic acids is 1. The van der Waals surface area contributed by atoms with Crippen molar-refractivity contribution in [3.63, 3.8) is 0 Å². The molecule has 0 spiro atoms. The van der Waals surface area contributed by atoms with Gasteiger partial charge in [-0.25, -0.2) is 0 Å². The molecular weight excluding hydrogens is 370 g/mol. The Morgan fingerprint density at radius 3 is 2.65 bits per heavy atom. The van der Waals surface area contributed by atoms with E-state index in [0.717, 1.165) is 16.2 Å². The lowest BCUT2D eigenvalue weighted by Gasteiger charge is -2.11. The van der Waals surface area contributed by atoms with Crippen molar-refractivity contribution in [1.29, 1.82) is 5.26 Å². The monoisotopic (exact) mass is 389 g/mol. The maximum Gasteiger partial charge on any atom is 0.266 e. The topological polar surface area (TPSA) is 85.8 Å². The Balaban J connectivity index is 1.81. The van der Waals surface area contributed by atoms with Gasteiger partial charge >= 0.3 is 0 Å². The Labute approximate surface area is 161 Å². The minimum atomic E-state index is -0.380. The molecule has 0 saturated carbocycles. The van der Waals surface area contributed by atoms with E-state index >= 15 is 0 Å². The standard InChI is InChI=1S/C19H20ClN3O2S/c1-12-16(13(2)23-19(25)17(12)11-21)7-8-18(24)22-9-10-26-15-5-3-14(20)4-6-15/h3-6H,7-10H2,1-2H3,(H,22,24)(H,23,25). The van der Waals surface area contributed by atoms with E-state index in [1.54, 1.807) is 25.6 Å². The highest BCUT2D eigenvalue weighted by Gasteiger charge is 2.13. The van der Waals surface area contributed by atoms with Gasteiger partial charge in [-0.2, -0.15) is 5.26 Å². The number of nitriles is 1. The van der Waals surface area contributed by atoms with Crippen LogP contribution in [0.3, 0.4) is 0 Å². The fourth-order valence-electron chi connectivity index (χ4n) is 2.64. The summed E-state index contributed by atoms with van der Waals surface area (Å²) < 4.78 is 0. The van der Waals surface area contributed by atoms with E-state index in [-0.39, 0.29) is 17.0 Å². The van der Waals surface area contributed by atoms with Crippen LogP contribution in [-0.4, -0.2) is 23.2 Å². The van der Waals surface area contributed by atoms with E-state index in [9.17, 15) is 9.59 Å². The van der Waals surface area contributed by atoms with Gasteiger partial charge < -0.3 is 10.3 Å². The summed E-state index contributed by atoms with van der Waals surface area (Å²) in [5, 5.41) is 12.7. The van der Waals surface area contributed by atoms with Crippen molar-refractivity contribution in [3.8, 4) is 6.07 Å². The smallest absolute Gasteiger partial charge is 0.266 e. The normalized spacial score (nSPS) is 10.4. The lowest BCUT2D eigenvalue weighted by Crippen LogP contribution is -2.26. The molecule has 1 aromatic heterocycles. The zero-order chi connectivity index (χ0) is 19.1. The molecule has 1 amide bonds. The average molecular weight is 390 g/mol. The Bertz CT molecular complexity index is 885. The maximum atomic E-state index is 12.0. The predicted molar refractivity (Wildman–Crippen MR) is 105 cm³/mol. The molecule has 7 heteroatoms. The number of carbonyl (C=O) groups is 1. The van der Waals surface area contributed by atoms with E-state index in [0.29, 0.717) is 35.7 Å². The second-order valence-corrected chi connectivity index (χ2v) is 7.43. The highest BCUT2D eigenvalue weighted by molar-refractivity contribution is 7.99. The summed E-state index contributed by atoms with van der Waals surface area (Å²) in [7, 11) is 0. The molecule has 0 aliphatic carbocycles. The zero-order valence-electron chi connectivity index (χ0n) is 14.7. The van der Waals surface area contributed by atoms with Crippen molar-refractivity contribution in [2.45, 2.75) is 31.6 Å². The number of halogens is 1. The minimum absolute atomic E-state index is 0.0507. The molecule has 136 valence electrons. The van der Waals surface area contributed by atoms with Crippen molar-refractivity contribution in [2.75, 3.05) is 12.3 Å². The Morgan fingerprint density at radius 1 is 1.31 bits per heavy atom. The lowest BCUT2D eigenvalue weighted by molar-refractivity contribution is -0.120. The molecule has 0 fully saturated rings. The zero-order valence-corrected chi connectivity index (χ0v) is 16.3. The number of hydrogen-bond donors (Lipinski definition) is 2. The Hall–Kier alpha value is -2.23. The van der Waals surface area contributed by atoms with Crippen LogP contribution in [0.5, 0.6) is 0 Å². The van der Waals surface area contributed by atoms with Gasteiger partial charge in [-0.1, -0.05) is 11.6 Å². The average Bonchev–Trinajstić information content (AvgIpc) is 2.60.